The van der Waals surface area contributed by atoms with E-state index in [-0.39, 0.29) is 10.1 Å². The first-order valence-electron chi connectivity index (χ1n) is 3.66. The molecule has 11 heavy (non-hydrogen) atoms. The van der Waals surface area contributed by atoms with Gasteiger partial charge < -0.3 is 0 Å². The molecule has 0 atom stereocenters. The van der Waals surface area contributed by atoms with Crippen LogP contribution in [0.25, 0.3) is 0 Å². The number of rotatable bonds is 1. The summed E-state index contributed by atoms with van der Waals surface area (Å²) in [6, 6.07) is 6.79. The second-order valence-electron chi connectivity index (χ2n) is 2.98. The number of hydrogen-bond donors (Lipinski definition) is 0. The third-order valence-corrected chi connectivity index (χ3v) is 3.28. The molecule has 0 aliphatic heterocycles. The molecule has 1 saturated carbocycles. The second-order valence-corrected chi connectivity index (χ2v) is 4.49. The highest BCUT2D eigenvalue weighted by molar-refractivity contribution is 9.09. The number of hydrogen-bond acceptors (Lipinski definition) is 0. The van der Waals surface area contributed by atoms with E-state index in [4.69, 9.17) is 0 Å². The summed E-state index contributed by atoms with van der Waals surface area (Å²) in [5.74, 6) is -0.145. The molecule has 0 N–H and O–H groups in total. The Hall–Kier alpha value is -0.370. The first-order chi connectivity index (χ1) is 5.21. The summed E-state index contributed by atoms with van der Waals surface area (Å²) in [6.07, 6.45) is 2.24. The van der Waals surface area contributed by atoms with Crippen LogP contribution >= 0.6 is 15.9 Å². The number of alkyl halides is 1. The molecule has 0 saturated heterocycles. The standard InChI is InChI=1S/C9H8BrF/c10-9(4-5-9)7-2-1-3-8(11)6-7/h1-3,6H,4-5H2. The summed E-state index contributed by atoms with van der Waals surface area (Å²) >= 11 is 3.57. The van der Waals surface area contributed by atoms with E-state index in [1.165, 1.54) is 6.07 Å². The minimum absolute atomic E-state index is 0.106. The molecule has 0 aromatic heterocycles. The molecular weight excluding hydrogens is 207 g/mol. The van der Waals surface area contributed by atoms with Crippen molar-refractivity contribution in [3.63, 3.8) is 0 Å². The van der Waals surface area contributed by atoms with E-state index in [2.05, 4.69) is 15.9 Å². The van der Waals surface area contributed by atoms with E-state index >= 15 is 0 Å². The number of halogens is 2. The Balaban J connectivity index is 2.38. The first kappa shape index (κ1) is 7.29. The van der Waals surface area contributed by atoms with Gasteiger partial charge in [-0.1, -0.05) is 28.1 Å². The molecule has 0 heterocycles. The van der Waals surface area contributed by atoms with Gasteiger partial charge in [-0.15, -0.1) is 0 Å². The van der Waals surface area contributed by atoms with Crippen molar-refractivity contribution in [2.45, 2.75) is 17.2 Å². The molecule has 0 radical (unpaired) electrons. The van der Waals surface area contributed by atoms with Crippen molar-refractivity contribution < 1.29 is 4.39 Å². The zero-order valence-corrected chi connectivity index (χ0v) is 7.57. The smallest absolute Gasteiger partial charge is 0.123 e. The summed E-state index contributed by atoms with van der Waals surface area (Å²) in [5, 5.41) is 0. The van der Waals surface area contributed by atoms with Crippen LogP contribution < -0.4 is 0 Å². The van der Waals surface area contributed by atoms with Crippen LogP contribution in [0.1, 0.15) is 18.4 Å². The molecule has 1 aromatic rings. The highest BCUT2D eigenvalue weighted by Gasteiger charge is 2.41. The Morgan fingerprint density at radius 1 is 1.36 bits per heavy atom. The van der Waals surface area contributed by atoms with Crippen LogP contribution in [0.5, 0.6) is 0 Å². The predicted molar refractivity (Wildman–Crippen MR) is 46.2 cm³/mol. The molecular formula is C9H8BrF. The van der Waals surface area contributed by atoms with E-state index in [1.54, 1.807) is 12.1 Å². The van der Waals surface area contributed by atoms with Crippen LogP contribution in [0.3, 0.4) is 0 Å². The topological polar surface area (TPSA) is 0 Å². The van der Waals surface area contributed by atoms with Crippen molar-refractivity contribution in [1.82, 2.24) is 0 Å². The summed E-state index contributed by atoms with van der Waals surface area (Å²) < 4.78 is 12.8. The van der Waals surface area contributed by atoms with Crippen LogP contribution in [0.2, 0.25) is 0 Å². The molecule has 1 aromatic carbocycles. The Labute approximate surface area is 73.6 Å². The second kappa shape index (κ2) is 2.31. The minimum atomic E-state index is -0.145. The fourth-order valence-electron chi connectivity index (χ4n) is 1.17. The Kier molecular flexibility index (Phi) is 1.53. The molecule has 0 bridgehead atoms. The fourth-order valence-corrected chi connectivity index (χ4v) is 1.61. The fraction of sp³-hybridized carbons (Fsp3) is 0.333. The van der Waals surface area contributed by atoms with Gasteiger partial charge >= 0.3 is 0 Å². The van der Waals surface area contributed by atoms with Crippen LogP contribution in [0, 0.1) is 5.82 Å². The van der Waals surface area contributed by atoms with Crippen molar-refractivity contribution >= 4 is 15.9 Å². The summed E-state index contributed by atoms with van der Waals surface area (Å²) in [4.78, 5) is 0. The summed E-state index contributed by atoms with van der Waals surface area (Å²) in [6.45, 7) is 0. The Morgan fingerprint density at radius 2 is 2.09 bits per heavy atom. The lowest BCUT2D eigenvalue weighted by atomic mass is 10.1. The Morgan fingerprint density at radius 3 is 2.64 bits per heavy atom. The highest BCUT2D eigenvalue weighted by atomic mass is 79.9. The predicted octanol–water partition coefficient (Wildman–Crippen LogP) is 3.21. The zero-order valence-electron chi connectivity index (χ0n) is 5.98. The molecule has 1 fully saturated rings. The molecule has 0 nitrogen and oxygen atoms in total. The lowest BCUT2D eigenvalue weighted by Crippen LogP contribution is -1.94. The highest BCUT2D eigenvalue weighted by Crippen LogP contribution is 2.53. The lowest BCUT2D eigenvalue weighted by molar-refractivity contribution is 0.625. The molecule has 58 valence electrons. The lowest BCUT2D eigenvalue weighted by Gasteiger charge is -2.05. The molecule has 0 spiro atoms. The van der Waals surface area contributed by atoms with Gasteiger partial charge in [0, 0.05) is 0 Å². The van der Waals surface area contributed by atoms with E-state index in [0.29, 0.717) is 0 Å². The normalized spacial score (nSPS) is 19.8. The number of benzene rings is 1. The van der Waals surface area contributed by atoms with Crippen molar-refractivity contribution in [3.8, 4) is 0 Å². The maximum absolute atomic E-state index is 12.7. The van der Waals surface area contributed by atoms with Crippen molar-refractivity contribution in [2.24, 2.45) is 0 Å². The third-order valence-electron chi connectivity index (χ3n) is 2.03. The summed E-state index contributed by atoms with van der Waals surface area (Å²) in [5.41, 5.74) is 1.07. The largest absolute Gasteiger partial charge is 0.207 e. The van der Waals surface area contributed by atoms with Gasteiger partial charge in [0.05, 0.1) is 4.32 Å². The van der Waals surface area contributed by atoms with Crippen LogP contribution in [-0.2, 0) is 4.32 Å². The molecule has 0 amide bonds. The van der Waals surface area contributed by atoms with Gasteiger partial charge in [-0.2, -0.15) is 0 Å². The van der Waals surface area contributed by atoms with E-state index in [1.807, 2.05) is 6.07 Å². The molecule has 1 aliphatic rings. The van der Waals surface area contributed by atoms with Gasteiger partial charge in [0.25, 0.3) is 0 Å². The van der Waals surface area contributed by atoms with Gasteiger partial charge in [-0.05, 0) is 30.5 Å². The van der Waals surface area contributed by atoms with Crippen LogP contribution in [-0.4, -0.2) is 0 Å². The van der Waals surface area contributed by atoms with Crippen molar-refractivity contribution in [3.05, 3.63) is 35.6 Å². The van der Waals surface area contributed by atoms with Crippen LogP contribution in [0.4, 0.5) is 4.39 Å². The minimum Gasteiger partial charge on any atom is -0.207 e. The van der Waals surface area contributed by atoms with Gasteiger partial charge in [-0.3, -0.25) is 0 Å². The average molecular weight is 215 g/mol. The van der Waals surface area contributed by atoms with Crippen molar-refractivity contribution in [2.75, 3.05) is 0 Å². The van der Waals surface area contributed by atoms with Gasteiger partial charge in [-0.25, -0.2) is 4.39 Å². The summed E-state index contributed by atoms with van der Waals surface area (Å²) in [7, 11) is 0. The zero-order chi connectivity index (χ0) is 7.90. The third kappa shape index (κ3) is 1.32. The van der Waals surface area contributed by atoms with Crippen LogP contribution in [0.15, 0.2) is 24.3 Å². The molecule has 2 rings (SSSR count). The van der Waals surface area contributed by atoms with Crippen molar-refractivity contribution in [1.29, 1.82) is 0 Å². The first-order valence-corrected chi connectivity index (χ1v) is 4.45. The van der Waals surface area contributed by atoms with Gasteiger partial charge in [0.1, 0.15) is 5.82 Å². The Bertz CT molecular complexity index is 279. The molecule has 0 unspecified atom stereocenters. The average Bonchev–Trinajstić information content (AvgIpc) is 2.70. The maximum Gasteiger partial charge on any atom is 0.123 e. The molecule has 2 heteroatoms. The van der Waals surface area contributed by atoms with E-state index in [9.17, 15) is 4.39 Å². The van der Waals surface area contributed by atoms with E-state index in [0.717, 1.165) is 18.4 Å². The quantitative estimate of drug-likeness (QED) is 0.631. The maximum atomic E-state index is 12.7. The SMILES string of the molecule is Fc1cccc(C2(Br)CC2)c1. The van der Waals surface area contributed by atoms with Gasteiger partial charge in [0.15, 0.2) is 0 Å². The van der Waals surface area contributed by atoms with E-state index < -0.39 is 0 Å². The monoisotopic (exact) mass is 214 g/mol. The molecule has 1 aliphatic carbocycles. The van der Waals surface area contributed by atoms with Gasteiger partial charge in [0.2, 0.25) is 0 Å².